The molecule has 1 aromatic rings. The van der Waals surface area contributed by atoms with E-state index in [1.165, 1.54) is 12.0 Å². The highest BCUT2D eigenvalue weighted by Gasteiger charge is 2.47. The van der Waals surface area contributed by atoms with Crippen molar-refractivity contribution in [1.29, 1.82) is 0 Å². The number of piperidine rings is 1. The van der Waals surface area contributed by atoms with Gasteiger partial charge in [0.05, 0.1) is 5.41 Å². The molecule has 3 heteroatoms. The van der Waals surface area contributed by atoms with Crippen LogP contribution in [0.15, 0.2) is 36.4 Å². The predicted octanol–water partition coefficient (Wildman–Crippen LogP) is 5.33. The Morgan fingerprint density at radius 2 is 2.04 bits per heavy atom. The normalized spacial score (nSPS) is 32.4. The minimum atomic E-state index is -0.576. The van der Waals surface area contributed by atoms with Crippen LogP contribution >= 0.6 is 0 Å². The Bertz CT molecular complexity index is 654. The average molecular weight is 370 g/mol. The van der Waals surface area contributed by atoms with Crippen molar-refractivity contribution >= 4 is 12.0 Å². The number of carboxylic acids is 1. The maximum atomic E-state index is 12.0. The van der Waals surface area contributed by atoms with Crippen LogP contribution in [0.25, 0.3) is 6.08 Å². The van der Waals surface area contributed by atoms with Gasteiger partial charge < -0.3 is 10.0 Å². The molecule has 0 spiro atoms. The van der Waals surface area contributed by atoms with Crippen LogP contribution in [-0.4, -0.2) is 35.1 Å². The van der Waals surface area contributed by atoms with E-state index < -0.39 is 11.4 Å². The van der Waals surface area contributed by atoms with Crippen LogP contribution in [0.1, 0.15) is 58.4 Å². The second-order valence-corrected chi connectivity index (χ2v) is 9.27. The highest BCUT2D eigenvalue weighted by Crippen LogP contribution is 2.46. The molecule has 3 rings (SSSR count). The largest absolute Gasteiger partial charge is 0.481 e. The number of allylic oxidation sites excluding steroid dienone is 1. The zero-order chi connectivity index (χ0) is 19.4. The zero-order valence-corrected chi connectivity index (χ0v) is 17.1. The lowest BCUT2D eigenvalue weighted by molar-refractivity contribution is -0.150. The van der Waals surface area contributed by atoms with E-state index in [4.69, 9.17) is 0 Å². The summed E-state index contributed by atoms with van der Waals surface area (Å²) < 4.78 is 0. The van der Waals surface area contributed by atoms with E-state index in [9.17, 15) is 9.90 Å². The van der Waals surface area contributed by atoms with Crippen molar-refractivity contribution in [2.45, 2.75) is 58.9 Å². The van der Waals surface area contributed by atoms with Crippen LogP contribution < -0.4 is 0 Å². The summed E-state index contributed by atoms with van der Waals surface area (Å²) in [5.41, 5.74) is 0.773. The standard InChI is InChI=1S/C24H35NO2/c1-18(2)15-24(23(26)27)13-11-22(16-24)25-14-12-21(19(3)17-25)10-9-20-7-5-4-6-8-20/h4-10,18-19,21-22H,11-17H2,1-3H3,(H,26,27)/b10-9-. The van der Waals surface area contributed by atoms with Gasteiger partial charge in [-0.15, -0.1) is 0 Å². The second-order valence-electron chi connectivity index (χ2n) is 9.27. The summed E-state index contributed by atoms with van der Waals surface area (Å²) in [6.45, 7) is 8.82. The fourth-order valence-electron chi connectivity index (χ4n) is 5.27. The lowest BCUT2D eigenvalue weighted by atomic mass is 9.78. The van der Waals surface area contributed by atoms with Crippen molar-refractivity contribution in [2.24, 2.45) is 23.2 Å². The van der Waals surface area contributed by atoms with E-state index in [1.54, 1.807) is 0 Å². The molecule has 1 N–H and O–H groups in total. The third-order valence-electron chi connectivity index (χ3n) is 6.69. The third kappa shape index (κ3) is 4.82. The van der Waals surface area contributed by atoms with Crippen molar-refractivity contribution < 1.29 is 9.90 Å². The minimum Gasteiger partial charge on any atom is -0.481 e. The number of hydrogen-bond acceptors (Lipinski definition) is 2. The molecule has 3 nitrogen and oxygen atoms in total. The lowest BCUT2D eigenvalue weighted by Gasteiger charge is -2.40. The summed E-state index contributed by atoms with van der Waals surface area (Å²) in [5, 5.41) is 9.87. The second kappa shape index (κ2) is 8.60. The number of carboxylic acid groups (broad SMARTS) is 1. The Morgan fingerprint density at radius 3 is 2.67 bits per heavy atom. The first kappa shape index (κ1) is 20.1. The lowest BCUT2D eigenvalue weighted by Crippen LogP contribution is -2.44. The average Bonchev–Trinajstić information content (AvgIpc) is 3.06. The van der Waals surface area contributed by atoms with Crippen molar-refractivity contribution in [3.8, 4) is 0 Å². The summed E-state index contributed by atoms with van der Waals surface area (Å²) in [7, 11) is 0. The molecule has 1 heterocycles. The molecule has 4 unspecified atom stereocenters. The van der Waals surface area contributed by atoms with Gasteiger partial charge >= 0.3 is 5.97 Å². The summed E-state index contributed by atoms with van der Waals surface area (Å²) in [4.78, 5) is 14.6. The summed E-state index contributed by atoms with van der Waals surface area (Å²) in [5.74, 6) is 1.09. The van der Waals surface area contributed by atoms with Gasteiger partial charge in [-0.05, 0) is 62.0 Å². The third-order valence-corrected chi connectivity index (χ3v) is 6.69. The Balaban J connectivity index is 1.58. The zero-order valence-electron chi connectivity index (χ0n) is 17.1. The minimum absolute atomic E-state index is 0.438. The number of likely N-dealkylation sites (tertiary alicyclic amines) is 1. The Kier molecular flexibility index (Phi) is 6.41. The van der Waals surface area contributed by atoms with Gasteiger partial charge in [0, 0.05) is 12.6 Å². The molecule has 1 aliphatic carbocycles. The molecule has 27 heavy (non-hydrogen) atoms. The Hall–Kier alpha value is -1.61. The molecule has 2 fully saturated rings. The van der Waals surface area contributed by atoms with Crippen LogP contribution in [0.4, 0.5) is 0 Å². The highest BCUT2D eigenvalue weighted by molar-refractivity contribution is 5.75. The first-order chi connectivity index (χ1) is 12.9. The van der Waals surface area contributed by atoms with Gasteiger partial charge in [0.25, 0.3) is 0 Å². The summed E-state index contributed by atoms with van der Waals surface area (Å²) in [6, 6.07) is 11.0. The molecular weight excluding hydrogens is 334 g/mol. The van der Waals surface area contributed by atoms with Gasteiger partial charge in [-0.3, -0.25) is 4.79 Å². The number of nitrogens with zero attached hydrogens (tertiary/aromatic N) is 1. The predicted molar refractivity (Wildman–Crippen MR) is 111 cm³/mol. The van der Waals surface area contributed by atoms with E-state index in [-0.39, 0.29) is 0 Å². The van der Waals surface area contributed by atoms with Crippen LogP contribution in [0, 0.1) is 23.2 Å². The molecule has 2 aliphatic rings. The van der Waals surface area contributed by atoms with Crippen LogP contribution in [0.5, 0.6) is 0 Å². The van der Waals surface area contributed by atoms with Crippen LogP contribution in [0.3, 0.4) is 0 Å². The fourth-order valence-corrected chi connectivity index (χ4v) is 5.27. The molecule has 0 aromatic heterocycles. The maximum Gasteiger partial charge on any atom is 0.309 e. The van der Waals surface area contributed by atoms with Crippen molar-refractivity contribution in [2.75, 3.05) is 13.1 Å². The van der Waals surface area contributed by atoms with Gasteiger partial charge in [0.1, 0.15) is 0 Å². The van der Waals surface area contributed by atoms with Gasteiger partial charge in [-0.1, -0.05) is 63.3 Å². The maximum absolute atomic E-state index is 12.0. The quantitative estimate of drug-likeness (QED) is 0.737. The van der Waals surface area contributed by atoms with Crippen LogP contribution in [-0.2, 0) is 4.79 Å². The molecule has 1 aliphatic heterocycles. The van der Waals surface area contributed by atoms with E-state index >= 15 is 0 Å². The molecule has 0 bridgehead atoms. The monoisotopic (exact) mass is 369 g/mol. The van der Waals surface area contributed by atoms with Crippen molar-refractivity contribution in [1.82, 2.24) is 4.90 Å². The first-order valence-corrected chi connectivity index (χ1v) is 10.6. The molecule has 148 valence electrons. The molecule has 1 saturated heterocycles. The van der Waals surface area contributed by atoms with Gasteiger partial charge in [-0.25, -0.2) is 0 Å². The number of hydrogen-bond donors (Lipinski definition) is 1. The molecular formula is C24H35NO2. The summed E-state index contributed by atoms with van der Waals surface area (Å²) >= 11 is 0. The van der Waals surface area contributed by atoms with Crippen molar-refractivity contribution in [3.05, 3.63) is 42.0 Å². The van der Waals surface area contributed by atoms with Gasteiger partial charge in [-0.2, -0.15) is 0 Å². The van der Waals surface area contributed by atoms with E-state index in [0.29, 0.717) is 23.8 Å². The number of rotatable bonds is 6. The number of aliphatic carboxylic acids is 1. The molecule has 0 amide bonds. The van der Waals surface area contributed by atoms with E-state index in [0.717, 1.165) is 38.8 Å². The van der Waals surface area contributed by atoms with E-state index in [2.05, 4.69) is 68.2 Å². The van der Waals surface area contributed by atoms with Gasteiger partial charge in [0.15, 0.2) is 0 Å². The Morgan fingerprint density at radius 1 is 1.30 bits per heavy atom. The van der Waals surface area contributed by atoms with Crippen molar-refractivity contribution in [3.63, 3.8) is 0 Å². The highest BCUT2D eigenvalue weighted by atomic mass is 16.4. The van der Waals surface area contributed by atoms with Gasteiger partial charge in [0.2, 0.25) is 0 Å². The SMILES string of the molecule is CC(C)CC1(C(=O)O)CCC(N2CCC(/C=C\c3ccccc3)C(C)C2)C1. The topological polar surface area (TPSA) is 40.5 Å². The van der Waals surface area contributed by atoms with E-state index in [1.807, 2.05) is 0 Å². The molecule has 1 saturated carbocycles. The molecule has 4 atom stereocenters. The smallest absolute Gasteiger partial charge is 0.309 e. The molecule has 1 aromatic carbocycles. The number of benzene rings is 1. The number of carbonyl (C=O) groups is 1. The van der Waals surface area contributed by atoms with Crippen LogP contribution in [0.2, 0.25) is 0 Å². The molecule has 0 radical (unpaired) electrons. The Labute approximate surface area is 164 Å². The fraction of sp³-hybridized carbons (Fsp3) is 0.625. The first-order valence-electron chi connectivity index (χ1n) is 10.6. The summed E-state index contributed by atoms with van der Waals surface area (Å²) in [6.07, 6.45) is 9.33.